The molecule has 1 aliphatic rings. The number of phenolic OH excluding ortho intramolecular Hbond substituents is 1. The average Bonchev–Trinajstić information content (AvgIpc) is 3.46. The van der Waals surface area contributed by atoms with Crippen molar-refractivity contribution in [2.75, 3.05) is 20.2 Å². The molecule has 1 aliphatic heterocycles. The van der Waals surface area contributed by atoms with Crippen molar-refractivity contribution in [2.45, 2.75) is 32.9 Å². The van der Waals surface area contributed by atoms with Crippen molar-refractivity contribution < 1.29 is 9.84 Å². The van der Waals surface area contributed by atoms with Gasteiger partial charge >= 0.3 is 0 Å². The van der Waals surface area contributed by atoms with Gasteiger partial charge in [-0.15, -0.1) is 0 Å². The standard InChI is InChI=1S/C30H32N4O3/c1-3-15-33-27-13-18-32(16-4-6-22-7-12-28(35)29(19-22)37-2)21-24(27)20-26(30(33)36)23-8-10-25(11-9-23)34-17-5-14-31-34/h4-12,14,17,19-20,35H,3,13,15-16,18,21H2,1-2H3. The highest BCUT2D eigenvalue weighted by Crippen LogP contribution is 2.27. The number of hydrogen-bond donors (Lipinski definition) is 1. The number of fused-ring (bicyclic) bond motifs is 1. The Balaban J connectivity index is 1.39. The van der Waals surface area contributed by atoms with E-state index in [-0.39, 0.29) is 11.3 Å². The molecule has 0 amide bonds. The van der Waals surface area contributed by atoms with Gasteiger partial charge in [-0.2, -0.15) is 5.10 Å². The predicted molar refractivity (Wildman–Crippen MR) is 146 cm³/mol. The van der Waals surface area contributed by atoms with Crippen molar-refractivity contribution in [3.63, 3.8) is 0 Å². The number of aromatic nitrogens is 3. The van der Waals surface area contributed by atoms with Gasteiger partial charge in [0.25, 0.3) is 5.56 Å². The maximum absolute atomic E-state index is 13.5. The van der Waals surface area contributed by atoms with Crippen LogP contribution in [0.25, 0.3) is 22.9 Å². The summed E-state index contributed by atoms with van der Waals surface area (Å²) in [5, 5.41) is 14.1. The molecule has 2 aromatic heterocycles. The predicted octanol–water partition coefficient (Wildman–Crippen LogP) is 4.90. The molecule has 0 bridgehead atoms. The van der Waals surface area contributed by atoms with Crippen LogP contribution in [0.15, 0.2) is 77.9 Å². The summed E-state index contributed by atoms with van der Waals surface area (Å²) in [6.45, 7) is 5.33. The largest absolute Gasteiger partial charge is 0.504 e. The summed E-state index contributed by atoms with van der Waals surface area (Å²) in [7, 11) is 1.55. The number of rotatable bonds is 8. The van der Waals surface area contributed by atoms with Gasteiger partial charge in [0.15, 0.2) is 11.5 Å². The van der Waals surface area contributed by atoms with Crippen LogP contribution < -0.4 is 10.3 Å². The molecule has 0 atom stereocenters. The highest BCUT2D eigenvalue weighted by molar-refractivity contribution is 5.65. The highest BCUT2D eigenvalue weighted by Gasteiger charge is 2.21. The smallest absolute Gasteiger partial charge is 0.258 e. The van der Waals surface area contributed by atoms with E-state index in [2.05, 4.69) is 29.1 Å². The van der Waals surface area contributed by atoms with Gasteiger partial charge in [0.05, 0.1) is 12.8 Å². The molecule has 0 fully saturated rings. The number of ether oxygens (including phenoxy) is 1. The molecule has 37 heavy (non-hydrogen) atoms. The van der Waals surface area contributed by atoms with E-state index in [1.54, 1.807) is 19.4 Å². The van der Waals surface area contributed by atoms with E-state index >= 15 is 0 Å². The number of hydrogen-bond acceptors (Lipinski definition) is 5. The van der Waals surface area contributed by atoms with Gasteiger partial charge < -0.3 is 14.4 Å². The SMILES string of the molecule is CCCn1c2c(cc(-c3ccc(-n4cccn4)cc3)c1=O)CN(CC=Cc1ccc(O)c(OC)c1)CC2. The van der Waals surface area contributed by atoms with Crippen molar-refractivity contribution in [2.24, 2.45) is 0 Å². The molecule has 7 heteroatoms. The Morgan fingerprint density at radius 2 is 1.97 bits per heavy atom. The Hall–Kier alpha value is -4.10. The first-order valence-electron chi connectivity index (χ1n) is 12.7. The zero-order valence-electron chi connectivity index (χ0n) is 21.3. The number of benzene rings is 2. The molecule has 4 aromatic rings. The Bertz CT molecular complexity index is 1450. The van der Waals surface area contributed by atoms with Crippen LogP contribution in [-0.2, 0) is 19.5 Å². The number of aromatic hydroxyl groups is 1. The molecule has 190 valence electrons. The van der Waals surface area contributed by atoms with Crippen LogP contribution in [0.5, 0.6) is 11.5 Å². The molecule has 7 nitrogen and oxygen atoms in total. The van der Waals surface area contributed by atoms with E-state index in [4.69, 9.17) is 4.74 Å². The third kappa shape index (κ3) is 5.22. The van der Waals surface area contributed by atoms with Crippen molar-refractivity contribution in [1.29, 1.82) is 0 Å². The van der Waals surface area contributed by atoms with Gasteiger partial charge in [-0.1, -0.05) is 37.3 Å². The molecule has 0 aliphatic carbocycles. The first-order chi connectivity index (χ1) is 18.1. The zero-order chi connectivity index (χ0) is 25.8. The topological polar surface area (TPSA) is 72.5 Å². The first kappa shape index (κ1) is 24.6. The maximum atomic E-state index is 13.5. The second-order valence-corrected chi connectivity index (χ2v) is 9.30. The molecular formula is C30H32N4O3. The Labute approximate surface area is 216 Å². The highest BCUT2D eigenvalue weighted by atomic mass is 16.5. The van der Waals surface area contributed by atoms with Crippen LogP contribution in [0.1, 0.15) is 30.2 Å². The lowest BCUT2D eigenvalue weighted by Crippen LogP contribution is -2.36. The van der Waals surface area contributed by atoms with Crippen molar-refractivity contribution in [3.8, 4) is 28.3 Å². The third-order valence-corrected chi connectivity index (χ3v) is 6.82. The van der Waals surface area contributed by atoms with E-state index in [1.165, 1.54) is 5.56 Å². The van der Waals surface area contributed by atoms with Gasteiger partial charge in [-0.25, -0.2) is 4.68 Å². The zero-order valence-corrected chi connectivity index (χ0v) is 21.3. The van der Waals surface area contributed by atoms with E-state index in [1.807, 2.05) is 64.0 Å². The van der Waals surface area contributed by atoms with Crippen LogP contribution in [0.2, 0.25) is 0 Å². The van der Waals surface area contributed by atoms with Gasteiger partial charge in [0.2, 0.25) is 0 Å². The Kier molecular flexibility index (Phi) is 7.23. The Morgan fingerprint density at radius 3 is 2.70 bits per heavy atom. The minimum Gasteiger partial charge on any atom is -0.504 e. The number of nitrogens with zero attached hydrogens (tertiary/aromatic N) is 4. The lowest BCUT2D eigenvalue weighted by Gasteiger charge is -2.30. The summed E-state index contributed by atoms with van der Waals surface area (Å²) in [5.41, 5.74) is 6.06. The van der Waals surface area contributed by atoms with Crippen LogP contribution in [0.3, 0.4) is 0 Å². The summed E-state index contributed by atoms with van der Waals surface area (Å²) >= 11 is 0. The maximum Gasteiger partial charge on any atom is 0.258 e. The van der Waals surface area contributed by atoms with E-state index < -0.39 is 0 Å². The normalized spacial score (nSPS) is 13.7. The number of pyridine rings is 1. The summed E-state index contributed by atoms with van der Waals surface area (Å²) in [4.78, 5) is 15.9. The quantitative estimate of drug-likeness (QED) is 0.376. The van der Waals surface area contributed by atoms with Gasteiger partial charge in [0.1, 0.15) is 0 Å². The fourth-order valence-corrected chi connectivity index (χ4v) is 4.95. The first-order valence-corrected chi connectivity index (χ1v) is 12.7. The molecule has 0 unspecified atom stereocenters. The van der Waals surface area contributed by atoms with Crippen molar-refractivity contribution >= 4 is 6.08 Å². The van der Waals surface area contributed by atoms with E-state index in [0.29, 0.717) is 5.75 Å². The molecule has 1 N–H and O–H groups in total. The monoisotopic (exact) mass is 496 g/mol. The second-order valence-electron chi connectivity index (χ2n) is 9.30. The minimum absolute atomic E-state index is 0.0852. The van der Waals surface area contributed by atoms with Crippen LogP contribution >= 0.6 is 0 Å². The van der Waals surface area contributed by atoms with Gasteiger partial charge in [-0.3, -0.25) is 9.69 Å². The van der Waals surface area contributed by atoms with Crippen LogP contribution in [0.4, 0.5) is 0 Å². The van der Waals surface area contributed by atoms with Crippen LogP contribution in [-0.4, -0.2) is 44.6 Å². The summed E-state index contributed by atoms with van der Waals surface area (Å²) in [5.74, 6) is 0.602. The fraction of sp³-hybridized carbons (Fsp3) is 0.267. The molecule has 0 saturated carbocycles. The molecule has 3 heterocycles. The molecule has 0 saturated heterocycles. The minimum atomic E-state index is 0.0852. The van der Waals surface area contributed by atoms with E-state index in [0.717, 1.165) is 67.1 Å². The Morgan fingerprint density at radius 1 is 1.14 bits per heavy atom. The number of phenols is 1. The van der Waals surface area contributed by atoms with Crippen LogP contribution in [0, 0.1) is 0 Å². The molecular weight excluding hydrogens is 464 g/mol. The molecule has 5 rings (SSSR count). The lowest BCUT2D eigenvalue weighted by molar-refractivity contribution is 0.275. The summed E-state index contributed by atoms with van der Waals surface area (Å²) < 4.78 is 9.01. The van der Waals surface area contributed by atoms with Crippen molar-refractivity contribution in [1.82, 2.24) is 19.2 Å². The fourth-order valence-electron chi connectivity index (χ4n) is 4.95. The van der Waals surface area contributed by atoms with Gasteiger partial charge in [-0.05, 0) is 59.5 Å². The molecule has 2 aromatic carbocycles. The van der Waals surface area contributed by atoms with Gasteiger partial charge in [0, 0.05) is 56.3 Å². The summed E-state index contributed by atoms with van der Waals surface area (Å²) in [6.07, 6.45) is 9.60. The number of methoxy groups -OCH3 is 1. The third-order valence-electron chi connectivity index (χ3n) is 6.82. The molecule has 0 spiro atoms. The van der Waals surface area contributed by atoms with Crippen molar-refractivity contribution in [3.05, 3.63) is 100 Å². The molecule has 0 radical (unpaired) electrons. The lowest BCUT2D eigenvalue weighted by atomic mass is 9.98. The second kappa shape index (κ2) is 10.9. The summed E-state index contributed by atoms with van der Waals surface area (Å²) in [6, 6.07) is 17.3. The van der Waals surface area contributed by atoms with E-state index in [9.17, 15) is 9.90 Å². The average molecular weight is 497 g/mol.